The second-order valence-electron chi connectivity index (χ2n) is 4.24. The van der Waals surface area contributed by atoms with Crippen LogP contribution in [0.2, 0.25) is 5.15 Å². The van der Waals surface area contributed by atoms with Gasteiger partial charge in [-0.2, -0.15) is 0 Å². The monoisotopic (exact) mass is 254 g/mol. The minimum Gasteiger partial charge on any atom is -0.393 e. The van der Waals surface area contributed by atoms with Crippen molar-refractivity contribution in [1.82, 2.24) is 19.6 Å². The van der Waals surface area contributed by atoms with E-state index in [9.17, 15) is 5.11 Å². The molecule has 0 aliphatic carbocycles. The van der Waals surface area contributed by atoms with E-state index in [0.717, 1.165) is 17.2 Å². The minimum atomic E-state index is -0.346. The zero-order chi connectivity index (χ0) is 12.6. The lowest BCUT2D eigenvalue weighted by atomic mass is 10.2. The molecular formula is C11H15ClN4O. The van der Waals surface area contributed by atoms with Gasteiger partial charge < -0.3 is 5.11 Å². The van der Waals surface area contributed by atoms with Gasteiger partial charge in [0.05, 0.1) is 11.8 Å². The first-order valence-corrected chi connectivity index (χ1v) is 5.93. The fourth-order valence-corrected chi connectivity index (χ4v) is 1.99. The van der Waals surface area contributed by atoms with Crippen LogP contribution in [0.3, 0.4) is 0 Å². The predicted molar refractivity (Wildman–Crippen MR) is 65.3 cm³/mol. The summed E-state index contributed by atoms with van der Waals surface area (Å²) >= 11 is 6.03. The van der Waals surface area contributed by atoms with Crippen molar-refractivity contribution < 1.29 is 5.11 Å². The van der Waals surface area contributed by atoms with Gasteiger partial charge in [0.25, 0.3) is 0 Å². The van der Waals surface area contributed by atoms with Crippen LogP contribution in [0.4, 0.5) is 0 Å². The summed E-state index contributed by atoms with van der Waals surface area (Å²) in [5.74, 6) is 0.811. The van der Waals surface area contributed by atoms with Crippen LogP contribution in [-0.2, 0) is 6.42 Å². The molecule has 17 heavy (non-hydrogen) atoms. The van der Waals surface area contributed by atoms with Gasteiger partial charge in [-0.3, -0.25) is 4.40 Å². The molecule has 0 saturated carbocycles. The van der Waals surface area contributed by atoms with Crippen LogP contribution in [-0.4, -0.2) is 30.8 Å². The summed E-state index contributed by atoms with van der Waals surface area (Å²) in [4.78, 5) is 4.20. The fraction of sp³-hybridized carbons (Fsp3) is 0.545. The van der Waals surface area contributed by atoms with Gasteiger partial charge in [-0.15, -0.1) is 10.2 Å². The molecule has 0 aromatic carbocycles. The number of aromatic nitrogens is 4. The Hall–Kier alpha value is -1.20. The quantitative estimate of drug-likeness (QED) is 0.906. The van der Waals surface area contributed by atoms with Gasteiger partial charge in [-0.25, -0.2) is 4.98 Å². The van der Waals surface area contributed by atoms with Crippen LogP contribution in [0.25, 0.3) is 5.65 Å². The average molecular weight is 255 g/mol. The van der Waals surface area contributed by atoms with E-state index < -0.39 is 0 Å². The van der Waals surface area contributed by atoms with E-state index in [2.05, 4.69) is 15.2 Å². The molecule has 0 fully saturated rings. The van der Waals surface area contributed by atoms with Crippen LogP contribution in [0.1, 0.15) is 30.6 Å². The Morgan fingerprint density at radius 2 is 2.06 bits per heavy atom. The van der Waals surface area contributed by atoms with Crippen LogP contribution >= 0.6 is 11.6 Å². The van der Waals surface area contributed by atoms with Crippen LogP contribution in [0.15, 0.2) is 0 Å². The smallest absolute Gasteiger partial charge is 0.198 e. The van der Waals surface area contributed by atoms with E-state index >= 15 is 0 Å². The molecule has 2 aromatic heterocycles. The highest BCUT2D eigenvalue weighted by molar-refractivity contribution is 6.32. The molecule has 2 aromatic rings. The van der Waals surface area contributed by atoms with Gasteiger partial charge in [-0.1, -0.05) is 11.6 Å². The van der Waals surface area contributed by atoms with Crippen molar-refractivity contribution in [2.45, 2.75) is 39.7 Å². The SMILES string of the molecule is Cc1nc(Cl)c2nnc(CCC(C)O)n2c1C. The van der Waals surface area contributed by atoms with Gasteiger partial charge in [-0.05, 0) is 27.2 Å². The van der Waals surface area contributed by atoms with E-state index in [1.807, 2.05) is 18.2 Å². The largest absolute Gasteiger partial charge is 0.393 e. The van der Waals surface area contributed by atoms with E-state index in [1.165, 1.54) is 0 Å². The summed E-state index contributed by atoms with van der Waals surface area (Å²) in [6.07, 6.45) is 0.972. The van der Waals surface area contributed by atoms with Crippen molar-refractivity contribution in [3.05, 3.63) is 22.4 Å². The summed E-state index contributed by atoms with van der Waals surface area (Å²) in [7, 11) is 0. The Morgan fingerprint density at radius 1 is 1.35 bits per heavy atom. The van der Waals surface area contributed by atoms with Gasteiger partial charge in [0, 0.05) is 12.1 Å². The predicted octanol–water partition coefficient (Wildman–Crippen LogP) is 1.71. The van der Waals surface area contributed by atoms with Gasteiger partial charge in [0.15, 0.2) is 10.8 Å². The molecule has 2 rings (SSSR count). The molecule has 0 amide bonds. The molecule has 5 nitrogen and oxygen atoms in total. The first-order chi connectivity index (χ1) is 8.00. The lowest BCUT2D eigenvalue weighted by Crippen LogP contribution is -2.07. The van der Waals surface area contributed by atoms with E-state index in [4.69, 9.17) is 11.6 Å². The summed E-state index contributed by atoms with van der Waals surface area (Å²) in [6.45, 7) is 5.62. The number of fused-ring (bicyclic) bond motifs is 1. The molecule has 0 aliphatic rings. The maximum Gasteiger partial charge on any atom is 0.198 e. The van der Waals surface area contributed by atoms with E-state index in [0.29, 0.717) is 23.6 Å². The molecule has 1 N–H and O–H groups in total. The zero-order valence-corrected chi connectivity index (χ0v) is 10.9. The molecule has 0 saturated heterocycles. The molecule has 0 spiro atoms. The van der Waals surface area contributed by atoms with Crippen molar-refractivity contribution in [3.63, 3.8) is 0 Å². The highest BCUT2D eigenvalue weighted by atomic mass is 35.5. The highest BCUT2D eigenvalue weighted by Gasteiger charge is 2.14. The van der Waals surface area contributed by atoms with E-state index in [1.54, 1.807) is 6.92 Å². The molecule has 6 heteroatoms. The van der Waals surface area contributed by atoms with Crippen LogP contribution in [0.5, 0.6) is 0 Å². The second-order valence-corrected chi connectivity index (χ2v) is 4.59. The Bertz CT molecular complexity index is 550. The number of aryl methyl sites for hydroxylation is 3. The molecule has 0 radical (unpaired) electrons. The normalized spacial score (nSPS) is 13.2. The Balaban J connectivity index is 2.51. The molecule has 0 aliphatic heterocycles. The Morgan fingerprint density at radius 3 is 2.71 bits per heavy atom. The number of rotatable bonds is 3. The van der Waals surface area contributed by atoms with Crippen LogP contribution < -0.4 is 0 Å². The third-order valence-corrected chi connectivity index (χ3v) is 3.08. The standard InChI is InChI=1S/C11H15ClN4O/c1-6(17)4-5-9-14-15-11-10(12)13-7(2)8(3)16(9)11/h6,17H,4-5H2,1-3H3. The zero-order valence-electron chi connectivity index (χ0n) is 10.1. The topological polar surface area (TPSA) is 63.3 Å². The van der Waals surface area contributed by atoms with Crippen molar-refractivity contribution in [1.29, 1.82) is 0 Å². The molecular weight excluding hydrogens is 240 g/mol. The van der Waals surface area contributed by atoms with Gasteiger partial charge in [0.1, 0.15) is 5.82 Å². The number of aliphatic hydroxyl groups is 1. The van der Waals surface area contributed by atoms with Crippen molar-refractivity contribution in [2.75, 3.05) is 0 Å². The van der Waals surface area contributed by atoms with Crippen molar-refractivity contribution >= 4 is 17.2 Å². The maximum atomic E-state index is 9.31. The van der Waals surface area contributed by atoms with Crippen LogP contribution in [0, 0.1) is 13.8 Å². The molecule has 1 atom stereocenters. The lowest BCUT2D eigenvalue weighted by molar-refractivity contribution is 0.184. The maximum absolute atomic E-state index is 9.31. The number of halogens is 1. The summed E-state index contributed by atoms with van der Waals surface area (Å²) in [5.41, 5.74) is 2.42. The number of nitrogens with zero attached hydrogens (tertiary/aromatic N) is 4. The molecule has 2 heterocycles. The Kier molecular flexibility index (Phi) is 3.31. The number of hydrogen-bond donors (Lipinski definition) is 1. The van der Waals surface area contributed by atoms with Crippen molar-refractivity contribution in [3.8, 4) is 0 Å². The highest BCUT2D eigenvalue weighted by Crippen LogP contribution is 2.19. The first-order valence-electron chi connectivity index (χ1n) is 5.55. The second kappa shape index (κ2) is 4.58. The summed E-state index contributed by atoms with van der Waals surface area (Å²) in [6, 6.07) is 0. The average Bonchev–Trinajstić information content (AvgIpc) is 2.67. The minimum absolute atomic E-state index is 0.346. The molecule has 1 unspecified atom stereocenters. The first kappa shape index (κ1) is 12.3. The fourth-order valence-electron chi connectivity index (χ4n) is 1.74. The summed E-state index contributed by atoms with van der Waals surface area (Å²) in [5, 5.41) is 17.8. The van der Waals surface area contributed by atoms with E-state index in [-0.39, 0.29) is 6.10 Å². The molecule has 0 bridgehead atoms. The lowest BCUT2D eigenvalue weighted by Gasteiger charge is -2.07. The molecule has 92 valence electrons. The number of hydrogen-bond acceptors (Lipinski definition) is 4. The third kappa shape index (κ3) is 2.25. The third-order valence-electron chi connectivity index (χ3n) is 2.83. The van der Waals surface area contributed by atoms with Gasteiger partial charge >= 0.3 is 0 Å². The summed E-state index contributed by atoms with van der Waals surface area (Å²) < 4.78 is 1.91. The van der Waals surface area contributed by atoms with Gasteiger partial charge in [0.2, 0.25) is 0 Å². The number of aliphatic hydroxyl groups excluding tert-OH is 1. The van der Waals surface area contributed by atoms with Crippen molar-refractivity contribution in [2.24, 2.45) is 0 Å². The Labute approximate surface area is 104 Å².